The molecule has 192 valence electrons. The number of hydrogen-bond donors (Lipinski definition) is 2. The molecule has 0 aliphatic carbocycles. The summed E-state index contributed by atoms with van der Waals surface area (Å²) in [5.41, 5.74) is 4.46. The van der Waals surface area contributed by atoms with Gasteiger partial charge in [-0.05, 0) is 54.8 Å². The topological polar surface area (TPSA) is 115 Å². The molecule has 3 heterocycles. The number of carbonyl (C=O) groups is 1. The summed E-state index contributed by atoms with van der Waals surface area (Å²) in [6, 6.07) is 13.1. The summed E-state index contributed by atoms with van der Waals surface area (Å²) < 4.78 is 26.4. The molecular formula is C27H21ClF2N6O2. The minimum absolute atomic E-state index is 0.0502. The number of nitriles is 1. The lowest BCUT2D eigenvalue weighted by Crippen LogP contribution is -2.19. The van der Waals surface area contributed by atoms with Crippen LogP contribution >= 0.6 is 11.6 Å². The van der Waals surface area contributed by atoms with Crippen molar-refractivity contribution in [2.75, 3.05) is 10.2 Å². The number of carboxylic acids is 1. The van der Waals surface area contributed by atoms with Crippen molar-refractivity contribution >= 4 is 40.1 Å². The number of fused-ring (bicyclic) bond motifs is 2. The Balaban J connectivity index is 1.56. The van der Waals surface area contributed by atoms with E-state index in [-0.39, 0.29) is 27.8 Å². The summed E-state index contributed by atoms with van der Waals surface area (Å²) in [6.45, 7) is 4.46. The average molecular weight is 535 g/mol. The van der Waals surface area contributed by atoms with E-state index in [1.54, 1.807) is 12.1 Å². The van der Waals surface area contributed by atoms with Gasteiger partial charge in [0.2, 0.25) is 0 Å². The highest BCUT2D eigenvalue weighted by atomic mass is 35.5. The van der Waals surface area contributed by atoms with E-state index in [0.29, 0.717) is 29.9 Å². The van der Waals surface area contributed by atoms with Gasteiger partial charge in [-0.2, -0.15) is 5.26 Å². The molecule has 0 amide bonds. The molecular weight excluding hydrogens is 514 g/mol. The molecule has 38 heavy (non-hydrogen) atoms. The lowest BCUT2D eigenvalue weighted by Gasteiger charge is -2.21. The summed E-state index contributed by atoms with van der Waals surface area (Å²) in [4.78, 5) is 26.9. The first-order chi connectivity index (χ1) is 18.1. The van der Waals surface area contributed by atoms with Crippen molar-refractivity contribution in [1.82, 2.24) is 15.0 Å². The number of nitrogens with zero attached hydrogens (tertiary/aromatic N) is 5. The van der Waals surface area contributed by atoms with E-state index in [9.17, 15) is 23.9 Å². The van der Waals surface area contributed by atoms with Crippen LogP contribution < -0.4 is 10.2 Å². The zero-order chi connectivity index (χ0) is 27.1. The summed E-state index contributed by atoms with van der Waals surface area (Å²) in [5.74, 6) is -0.868. The molecule has 2 aromatic heterocycles. The summed E-state index contributed by atoms with van der Waals surface area (Å²) in [6.07, 6.45) is -2.57. The van der Waals surface area contributed by atoms with Crippen LogP contribution in [0.25, 0.3) is 11.0 Å². The van der Waals surface area contributed by atoms with Gasteiger partial charge in [-0.15, -0.1) is 0 Å². The Morgan fingerprint density at radius 2 is 1.89 bits per heavy atom. The van der Waals surface area contributed by atoms with Crippen LogP contribution in [0.1, 0.15) is 63.4 Å². The van der Waals surface area contributed by atoms with Gasteiger partial charge < -0.3 is 15.3 Å². The molecule has 0 radical (unpaired) electrons. The number of aromatic carboxylic acids is 1. The van der Waals surface area contributed by atoms with E-state index in [0.717, 1.165) is 22.3 Å². The maximum absolute atomic E-state index is 13.2. The first kappa shape index (κ1) is 25.3. The molecule has 0 bridgehead atoms. The minimum atomic E-state index is -2.57. The highest BCUT2D eigenvalue weighted by molar-refractivity contribution is 6.29. The third-order valence-electron chi connectivity index (χ3n) is 6.44. The lowest BCUT2D eigenvalue weighted by atomic mass is 10.0. The van der Waals surface area contributed by atoms with Gasteiger partial charge in [0, 0.05) is 24.2 Å². The number of anilines is 2. The minimum Gasteiger partial charge on any atom is -0.476 e. The largest absolute Gasteiger partial charge is 0.476 e. The molecule has 2 aromatic carbocycles. The second-order valence-corrected chi connectivity index (χ2v) is 9.50. The van der Waals surface area contributed by atoms with Crippen molar-refractivity contribution in [3.63, 3.8) is 0 Å². The third kappa shape index (κ3) is 4.68. The van der Waals surface area contributed by atoms with Gasteiger partial charge >= 0.3 is 5.97 Å². The van der Waals surface area contributed by atoms with E-state index in [4.69, 9.17) is 16.6 Å². The van der Waals surface area contributed by atoms with Gasteiger partial charge in [-0.1, -0.05) is 29.8 Å². The highest BCUT2D eigenvalue weighted by Gasteiger charge is 2.26. The van der Waals surface area contributed by atoms with E-state index < -0.39 is 18.4 Å². The molecule has 1 aliphatic heterocycles. The maximum atomic E-state index is 13.2. The number of carboxylic acid groups (broad SMARTS) is 1. The number of aromatic nitrogens is 3. The van der Waals surface area contributed by atoms with Gasteiger partial charge in [-0.3, -0.25) is 0 Å². The Bertz CT molecular complexity index is 1640. The Morgan fingerprint density at radius 3 is 2.61 bits per heavy atom. The summed E-state index contributed by atoms with van der Waals surface area (Å²) in [7, 11) is 0. The average Bonchev–Trinajstić information content (AvgIpc) is 3.31. The molecule has 1 aliphatic rings. The fraction of sp³-hybridized carbons (Fsp3) is 0.222. The Labute approximate surface area is 221 Å². The zero-order valence-corrected chi connectivity index (χ0v) is 21.1. The molecule has 0 fully saturated rings. The van der Waals surface area contributed by atoms with Gasteiger partial charge in [0.05, 0.1) is 22.8 Å². The zero-order valence-electron chi connectivity index (χ0n) is 20.3. The molecule has 8 nitrogen and oxygen atoms in total. The van der Waals surface area contributed by atoms with Crippen LogP contribution in [0.3, 0.4) is 0 Å². The SMILES string of the molecule is Cc1cc([C@@H](C)Nc2ccc(Cl)nc2C(=O)O)c2nc(N3Cc4ccc(C(F)F)cc4C3)c(C#N)nc2c1. The van der Waals surface area contributed by atoms with E-state index in [1.165, 1.54) is 18.2 Å². The van der Waals surface area contributed by atoms with E-state index in [1.807, 2.05) is 30.9 Å². The second kappa shape index (κ2) is 9.84. The van der Waals surface area contributed by atoms with Gasteiger partial charge in [-0.25, -0.2) is 28.5 Å². The van der Waals surface area contributed by atoms with Crippen molar-refractivity contribution < 1.29 is 18.7 Å². The number of aryl methyl sites for hydroxylation is 1. The van der Waals surface area contributed by atoms with Crippen LogP contribution in [0.4, 0.5) is 20.3 Å². The van der Waals surface area contributed by atoms with Crippen LogP contribution in [0.2, 0.25) is 5.15 Å². The summed E-state index contributed by atoms with van der Waals surface area (Å²) >= 11 is 5.89. The second-order valence-electron chi connectivity index (χ2n) is 9.12. The van der Waals surface area contributed by atoms with Crippen molar-refractivity contribution in [3.05, 3.63) is 86.8 Å². The van der Waals surface area contributed by atoms with Crippen LogP contribution in [0.5, 0.6) is 0 Å². The number of pyridine rings is 1. The fourth-order valence-electron chi connectivity index (χ4n) is 4.67. The molecule has 5 rings (SSSR count). The van der Waals surface area contributed by atoms with Gasteiger partial charge in [0.25, 0.3) is 6.43 Å². The van der Waals surface area contributed by atoms with E-state index in [2.05, 4.69) is 21.4 Å². The number of alkyl halides is 2. The first-order valence-electron chi connectivity index (χ1n) is 11.7. The maximum Gasteiger partial charge on any atom is 0.356 e. The number of hydrogen-bond acceptors (Lipinski definition) is 7. The number of halogens is 3. The summed E-state index contributed by atoms with van der Waals surface area (Å²) in [5, 5.41) is 22.7. The van der Waals surface area contributed by atoms with Crippen LogP contribution in [-0.2, 0) is 13.1 Å². The molecule has 0 spiro atoms. The smallest absolute Gasteiger partial charge is 0.356 e. The number of benzene rings is 2. The van der Waals surface area contributed by atoms with Crippen molar-refractivity contribution in [2.45, 2.75) is 39.4 Å². The Hall–Kier alpha value is -4.36. The monoisotopic (exact) mass is 534 g/mol. The van der Waals surface area contributed by atoms with Crippen LogP contribution in [0.15, 0.2) is 42.5 Å². The standard InChI is InChI=1S/C27H21ClF2N6O2/c1-13-7-18(14(2)32-19-5-6-22(28)34-24(19)27(37)38)23-20(8-13)33-21(10-31)26(35-23)36-11-16-4-3-15(25(29)30)9-17(16)12-36/h3-9,14,25,32H,11-12H2,1-2H3,(H,37,38)/t14-/m1/s1. The third-order valence-corrected chi connectivity index (χ3v) is 6.65. The van der Waals surface area contributed by atoms with Gasteiger partial charge in [0.15, 0.2) is 17.2 Å². The van der Waals surface area contributed by atoms with Crippen molar-refractivity contribution in [1.29, 1.82) is 5.26 Å². The molecule has 0 unspecified atom stereocenters. The number of nitrogens with one attached hydrogen (secondary N) is 1. The predicted octanol–water partition coefficient (Wildman–Crippen LogP) is 6.19. The fourth-order valence-corrected chi connectivity index (χ4v) is 4.82. The molecule has 2 N–H and O–H groups in total. The quantitative estimate of drug-likeness (QED) is 0.281. The number of rotatable bonds is 6. The first-order valence-corrected chi connectivity index (χ1v) is 12.1. The van der Waals surface area contributed by atoms with Gasteiger partial charge in [0.1, 0.15) is 11.2 Å². The van der Waals surface area contributed by atoms with Crippen LogP contribution in [-0.4, -0.2) is 26.0 Å². The van der Waals surface area contributed by atoms with Crippen molar-refractivity contribution in [2.24, 2.45) is 0 Å². The van der Waals surface area contributed by atoms with E-state index >= 15 is 0 Å². The predicted molar refractivity (Wildman–Crippen MR) is 139 cm³/mol. The molecule has 1 atom stereocenters. The highest BCUT2D eigenvalue weighted by Crippen LogP contribution is 2.34. The molecule has 4 aromatic rings. The molecule has 11 heteroatoms. The van der Waals surface area contributed by atoms with Crippen LogP contribution in [0, 0.1) is 18.3 Å². The normalized spacial score (nSPS) is 13.4. The Morgan fingerprint density at radius 1 is 1.13 bits per heavy atom. The molecule has 0 saturated heterocycles. The van der Waals surface area contributed by atoms with Crippen molar-refractivity contribution in [3.8, 4) is 6.07 Å². The Kier molecular flexibility index (Phi) is 6.55. The molecule has 0 saturated carbocycles. The lowest BCUT2D eigenvalue weighted by molar-refractivity contribution is 0.0691.